The largest absolute Gasteiger partial charge is 0.457 e. The Morgan fingerprint density at radius 2 is 2.00 bits per heavy atom. The Hall–Kier alpha value is -1.57. The highest BCUT2D eigenvalue weighted by Crippen LogP contribution is 2.33. The summed E-state index contributed by atoms with van der Waals surface area (Å²) in [5, 5.41) is 0. The molecular weight excluding hydrogens is 260 g/mol. The van der Waals surface area contributed by atoms with Crippen LogP contribution < -0.4 is 0 Å². The van der Waals surface area contributed by atoms with Crippen LogP contribution in [0.5, 0.6) is 0 Å². The van der Waals surface area contributed by atoms with Crippen LogP contribution >= 0.6 is 0 Å². The summed E-state index contributed by atoms with van der Waals surface area (Å²) in [4.78, 5) is 11.6. The number of esters is 1. The van der Waals surface area contributed by atoms with E-state index in [0.717, 1.165) is 44.1 Å². The van der Waals surface area contributed by atoms with Crippen LogP contribution in [0.2, 0.25) is 0 Å². The van der Waals surface area contributed by atoms with E-state index in [2.05, 4.69) is 39.0 Å². The van der Waals surface area contributed by atoms with Crippen LogP contribution in [0.1, 0.15) is 59.3 Å². The minimum Gasteiger partial charge on any atom is -0.457 e. The molecule has 0 radical (unpaired) electrons. The summed E-state index contributed by atoms with van der Waals surface area (Å²) >= 11 is 0. The first kappa shape index (κ1) is 15.8. The van der Waals surface area contributed by atoms with Crippen molar-refractivity contribution in [1.82, 2.24) is 0 Å². The van der Waals surface area contributed by atoms with Gasteiger partial charge in [0.25, 0.3) is 0 Å². The zero-order valence-corrected chi connectivity index (χ0v) is 13.5. The summed E-state index contributed by atoms with van der Waals surface area (Å²) in [6, 6.07) is 0. The Morgan fingerprint density at radius 3 is 2.76 bits per heavy atom. The minimum atomic E-state index is -0.0935. The van der Waals surface area contributed by atoms with Crippen molar-refractivity contribution in [2.24, 2.45) is 0 Å². The number of carbonyl (C=O) groups is 1. The number of hydrogen-bond donors (Lipinski definition) is 0. The molecule has 2 rings (SSSR count). The molecule has 0 aromatic rings. The molecule has 0 aromatic carbocycles. The zero-order valence-electron chi connectivity index (χ0n) is 13.5. The van der Waals surface area contributed by atoms with Gasteiger partial charge >= 0.3 is 5.97 Å². The summed E-state index contributed by atoms with van der Waals surface area (Å²) in [5.41, 5.74) is 6.27. The number of hydrogen-bond acceptors (Lipinski definition) is 2. The lowest BCUT2D eigenvalue weighted by molar-refractivity contribution is -0.136. The van der Waals surface area contributed by atoms with Crippen LogP contribution in [0.3, 0.4) is 0 Å². The standard InChI is InChI=1S/C19H26O2/c1-14(2)7-4-8-15(3)9-5-10-16-11-6-12-17-18(16)13-21-19(17)20/h7,9,11H,4-6,8,10,12-13H2,1-3H3/b15-9+. The SMILES string of the molecule is CC(C)=CCC/C(C)=C/CCC1=CCCC2=C1COC2=O. The third-order valence-electron chi connectivity index (χ3n) is 4.13. The number of ether oxygens (including phenoxy) is 1. The summed E-state index contributed by atoms with van der Waals surface area (Å²) in [6.07, 6.45) is 13.1. The monoisotopic (exact) mass is 286 g/mol. The van der Waals surface area contributed by atoms with Gasteiger partial charge in [0, 0.05) is 11.1 Å². The molecule has 0 saturated carbocycles. The zero-order chi connectivity index (χ0) is 15.2. The highest BCUT2D eigenvalue weighted by Gasteiger charge is 2.28. The predicted octanol–water partition coefficient (Wildman–Crippen LogP) is 5.03. The van der Waals surface area contributed by atoms with E-state index < -0.39 is 0 Å². The van der Waals surface area contributed by atoms with E-state index >= 15 is 0 Å². The molecule has 1 aliphatic heterocycles. The maximum Gasteiger partial charge on any atom is 0.334 e. The Morgan fingerprint density at radius 1 is 1.19 bits per heavy atom. The van der Waals surface area contributed by atoms with Gasteiger partial charge in [-0.2, -0.15) is 0 Å². The van der Waals surface area contributed by atoms with Gasteiger partial charge in [0.2, 0.25) is 0 Å². The molecule has 0 spiro atoms. The lowest BCUT2D eigenvalue weighted by atomic mass is 9.90. The van der Waals surface area contributed by atoms with Crippen molar-refractivity contribution < 1.29 is 9.53 Å². The molecule has 0 bridgehead atoms. The second-order valence-corrected chi connectivity index (χ2v) is 6.21. The average Bonchev–Trinajstić information content (AvgIpc) is 2.81. The fourth-order valence-corrected chi connectivity index (χ4v) is 2.91. The van der Waals surface area contributed by atoms with Crippen LogP contribution in [0.4, 0.5) is 0 Å². The molecule has 2 heteroatoms. The van der Waals surface area contributed by atoms with Crippen LogP contribution in [0.15, 0.2) is 46.1 Å². The summed E-state index contributed by atoms with van der Waals surface area (Å²) in [6.45, 7) is 6.99. The molecule has 1 aliphatic carbocycles. The van der Waals surface area contributed by atoms with E-state index in [-0.39, 0.29) is 5.97 Å². The first-order valence-electron chi connectivity index (χ1n) is 7.95. The van der Waals surface area contributed by atoms with Crippen LogP contribution in [0, 0.1) is 0 Å². The van der Waals surface area contributed by atoms with Crippen molar-refractivity contribution >= 4 is 5.97 Å². The quantitative estimate of drug-likeness (QED) is 0.505. The molecule has 21 heavy (non-hydrogen) atoms. The van der Waals surface area contributed by atoms with Gasteiger partial charge < -0.3 is 4.74 Å². The Balaban J connectivity index is 1.83. The molecule has 2 nitrogen and oxygen atoms in total. The second-order valence-electron chi connectivity index (χ2n) is 6.21. The Kier molecular flexibility index (Phi) is 5.60. The fraction of sp³-hybridized carbons (Fsp3) is 0.526. The van der Waals surface area contributed by atoms with Gasteiger partial charge in [-0.25, -0.2) is 4.79 Å². The number of allylic oxidation sites excluding steroid dienone is 5. The number of rotatable bonds is 6. The van der Waals surface area contributed by atoms with E-state index in [1.165, 1.54) is 22.3 Å². The van der Waals surface area contributed by atoms with E-state index in [1.807, 2.05) is 0 Å². The van der Waals surface area contributed by atoms with Gasteiger partial charge in [-0.15, -0.1) is 0 Å². The minimum absolute atomic E-state index is 0.0935. The van der Waals surface area contributed by atoms with Gasteiger partial charge in [0.05, 0.1) is 0 Å². The van der Waals surface area contributed by atoms with E-state index in [9.17, 15) is 4.79 Å². The Bertz CT molecular complexity index is 526. The highest BCUT2D eigenvalue weighted by atomic mass is 16.5. The van der Waals surface area contributed by atoms with Gasteiger partial charge in [0.15, 0.2) is 0 Å². The topological polar surface area (TPSA) is 26.3 Å². The fourth-order valence-electron chi connectivity index (χ4n) is 2.91. The van der Waals surface area contributed by atoms with E-state index in [4.69, 9.17) is 4.74 Å². The molecule has 114 valence electrons. The first-order chi connectivity index (χ1) is 10.1. The van der Waals surface area contributed by atoms with Crippen molar-refractivity contribution in [2.45, 2.75) is 59.3 Å². The van der Waals surface area contributed by atoms with Crippen LogP contribution in [-0.4, -0.2) is 12.6 Å². The van der Waals surface area contributed by atoms with Gasteiger partial charge in [0.1, 0.15) is 6.61 Å². The van der Waals surface area contributed by atoms with E-state index in [0.29, 0.717) is 6.61 Å². The van der Waals surface area contributed by atoms with Gasteiger partial charge in [-0.1, -0.05) is 29.4 Å². The highest BCUT2D eigenvalue weighted by molar-refractivity contribution is 5.93. The molecule has 0 fully saturated rings. The molecule has 0 saturated heterocycles. The van der Waals surface area contributed by atoms with Crippen molar-refractivity contribution in [1.29, 1.82) is 0 Å². The lowest BCUT2D eigenvalue weighted by Gasteiger charge is -2.13. The molecule has 0 aromatic heterocycles. The van der Waals surface area contributed by atoms with Crippen LogP contribution in [-0.2, 0) is 9.53 Å². The number of carbonyl (C=O) groups excluding carboxylic acids is 1. The summed E-state index contributed by atoms with van der Waals surface area (Å²) < 4.78 is 5.16. The summed E-state index contributed by atoms with van der Waals surface area (Å²) in [7, 11) is 0. The lowest BCUT2D eigenvalue weighted by Crippen LogP contribution is -2.02. The second kappa shape index (κ2) is 7.44. The third kappa shape index (κ3) is 4.45. The maximum atomic E-state index is 11.6. The van der Waals surface area contributed by atoms with Crippen molar-refractivity contribution in [3.63, 3.8) is 0 Å². The number of cyclic esters (lactones) is 1. The molecule has 2 aliphatic rings. The smallest absolute Gasteiger partial charge is 0.334 e. The maximum absolute atomic E-state index is 11.6. The molecule has 0 amide bonds. The molecule has 0 N–H and O–H groups in total. The normalized spacial score (nSPS) is 18.3. The van der Waals surface area contributed by atoms with Crippen molar-refractivity contribution in [3.8, 4) is 0 Å². The Labute approximate surface area is 128 Å². The average molecular weight is 286 g/mol. The molecular formula is C19H26O2. The van der Waals surface area contributed by atoms with Crippen molar-refractivity contribution in [3.05, 3.63) is 46.1 Å². The predicted molar refractivity (Wildman–Crippen MR) is 87.0 cm³/mol. The van der Waals surface area contributed by atoms with Gasteiger partial charge in [-0.3, -0.25) is 0 Å². The van der Waals surface area contributed by atoms with Gasteiger partial charge in [-0.05, 0) is 64.9 Å². The van der Waals surface area contributed by atoms with E-state index in [1.54, 1.807) is 0 Å². The van der Waals surface area contributed by atoms with Crippen LogP contribution in [0.25, 0.3) is 0 Å². The molecule has 0 unspecified atom stereocenters. The third-order valence-corrected chi connectivity index (χ3v) is 4.13. The summed E-state index contributed by atoms with van der Waals surface area (Å²) in [5.74, 6) is -0.0935. The first-order valence-corrected chi connectivity index (χ1v) is 7.95. The molecule has 0 atom stereocenters. The molecule has 1 heterocycles. The van der Waals surface area contributed by atoms with Crippen molar-refractivity contribution in [2.75, 3.05) is 6.61 Å².